The molecular formula is C19H15Cl2N5O. The molecule has 1 fully saturated rings. The molecule has 0 radical (unpaired) electrons. The van der Waals surface area contributed by atoms with Gasteiger partial charge in [0.15, 0.2) is 5.82 Å². The second-order valence-corrected chi connectivity index (χ2v) is 6.99. The van der Waals surface area contributed by atoms with Gasteiger partial charge in [-0.3, -0.25) is 9.78 Å². The maximum atomic E-state index is 12.9. The molecule has 0 aliphatic carbocycles. The molecule has 1 aromatic carbocycles. The Bertz CT molecular complexity index is 991. The van der Waals surface area contributed by atoms with E-state index < -0.39 is 0 Å². The van der Waals surface area contributed by atoms with Gasteiger partial charge in [0.2, 0.25) is 17.6 Å². The summed E-state index contributed by atoms with van der Waals surface area (Å²) < 4.78 is 0. The lowest BCUT2D eigenvalue weighted by Gasteiger charge is -2.16. The largest absolute Gasteiger partial charge is 0.341 e. The van der Waals surface area contributed by atoms with Crippen LogP contribution in [0.3, 0.4) is 0 Å². The van der Waals surface area contributed by atoms with Crippen molar-refractivity contribution in [1.29, 1.82) is 0 Å². The van der Waals surface area contributed by atoms with E-state index in [1.54, 1.807) is 36.5 Å². The second kappa shape index (κ2) is 7.58. The van der Waals surface area contributed by atoms with E-state index in [1.807, 2.05) is 0 Å². The Balaban J connectivity index is 1.81. The molecule has 0 unspecified atom stereocenters. The lowest BCUT2D eigenvalue weighted by molar-refractivity contribution is 0.102. The maximum absolute atomic E-state index is 12.9. The number of nitrogens with zero attached hydrogens (tertiary/aromatic N) is 5. The van der Waals surface area contributed by atoms with Crippen molar-refractivity contribution in [3.8, 4) is 11.4 Å². The standard InChI is InChI=1S/C19H15Cl2N5O/c20-14-6-5-12(10-15(14)21)17-23-18(16(27)13-4-3-7-22-11-13)25-19(24-17)26-8-1-2-9-26/h3-7,10-11H,1-2,8-9H2. The van der Waals surface area contributed by atoms with Crippen molar-refractivity contribution in [2.75, 3.05) is 18.0 Å². The summed E-state index contributed by atoms with van der Waals surface area (Å²) in [5.41, 5.74) is 1.10. The summed E-state index contributed by atoms with van der Waals surface area (Å²) in [5, 5.41) is 0.846. The zero-order valence-electron chi connectivity index (χ0n) is 14.3. The molecule has 136 valence electrons. The van der Waals surface area contributed by atoms with Gasteiger partial charge in [-0.05, 0) is 43.2 Å². The SMILES string of the molecule is O=C(c1cccnc1)c1nc(-c2ccc(Cl)c(Cl)c2)nc(N2CCCC2)n1. The molecule has 0 amide bonds. The monoisotopic (exact) mass is 399 g/mol. The number of rotatable bonds is 4. The number of aromatic nitrogens is 4. The van der Waals surface area contributed by atoms with Crippen LogP contribution in [0.25, 0.3) is 11.4 Å². The summed E-state index contributed by atoms with van der Waals surface area (Å²) in [6.45, 7) is 1.71. The van der Waals surface area contributed by atoms with Crippen molar-refractivity contribution in [2.45, 2.75) is 12.8 Å². The van der Waals surface area contributed by atoms with Crippen LogP contribution < -0.4 is 4.90 Å². The van der Waals surface area contributed by atoms with Crippen LogP contribution in [-0.4, -0.2) is 38.8 Å². The van der Waals surface area contributed by atoms with Crippen molar-refractivity contribution < 1.29 is 4.79 Å². The number of hydrogen-bond acceptors (Lipinski definition) is 6. The molecule has 8 heteroatoms. The number of carbonyl (C=O) groups is 1. The first-order chi connectivity index (χ1) is 13.1. The van der Waals surface area contributed by atoms with Gasteiger partial charge in [0.05, 0.1) is 10.0 Å². The van der Waals surface area contributed by atoms with Gasteiger partial charge in [0.1, 0.15) is 0 Å². The van der Waals surface area contributed by atoms with E-state index >= 15 is 0 Å². The molecule has 3 aromatic rings. The minimum absolute atomic E-state index is 0.0842. The predicted molar refractivity (Wildman–Crippen MR) is 104 cm³/mol. The molecule has 1 aliphatic heterocycles. The van der Waals surface area contributed by atoms with Crippen LogP contribution in [0.4, 0.5) is 5.95 Å². The van der Waals surface area contributed by atoms with Crippen LogP contribution in [0.5, 0.6) is 0 Å². The van der Waals surface area contributed by atoms with Crippen LogP contribution in [0.15, 0.2) is 42.7 Å². The number of pyridine rings is 1. The Labute approximate surface area is 166 Å². The predicted octanol–water partition coefficient (Wildman–Crippen LogP) is 4.07. The van der Waals surface area contributed by atoms with Crippen molar-refractivity contribution in [1.82, 2.24) is 19.9 Å². The van der Waals surface area contributed by atoms with Crippen LogP contribution in [0.2, 0.25) is 10.0 Å². The summed E-state index contributed by atoms with van der Waals surface area (Å²) in [7, 11) is 0. The highest BCUT2D eigenvalue weighted by Gasteiger charge is 2.21. The average molecular weight is 400 g/mol. The van der Waals surface area contributed by atoms with E-state index in [1.165, 1.54) is 6.20 Å². The minimum atomic E-state index is -0.299. The molecule has 0 spiro atoms. The molecule has 0 N–H and O–H groups in total. The van der Waals surface area contributed by atoms with Gasteiger partial charge >= 0.3 is 0 Å². The Morgan fingerprint density at radius 1 is 1.00 bits per heavy atom. The van der Waals surface area contributed by atoms with E-state index in [0.29, 0.717) is 32.9 Å². The fourth-order valence-electron chi connectivity index (χ4n) is 2.92. The van der Waals surface area contributed by atoms with Gasteiger partial charge in [-0.25, -0.2) is 4.98 Å². The molecule has 2 aromatic heterocycles. The van der Waals surface area contributed by atoms with Gasteiger partial charge in [-0.15, -0.1) is 0 Å². The van der Waals surface area contributed by atoms with Gasteiger partial charge in [0.25, 0.3) is 0 Å². The van der Waals surface area contributed by atoms with E-state index in [4.69, 9.17) is 23.2 Å². The molecule has 0 bridgehead atoms. The highest BCUT2D eigenvalue weighted by molar-refractivity contribution is 6.42. The minimum Gasteiger partial charge on any atom is -0.341 e. The first-order valence-electron chi connectivity index (χ1n) is 8.53. The van der Waals surface area contributed by atoms with E-state index in [0.717, 1.165) is 25.9 Å². The number of benzene rings is 1. The third-order valence-corrected chi connectivity index (χ3v) is 5.06. The molecule has 1 aliphatic rings. The third kappa shape index (κ3) is 3.77. The summed E-state index contributed by atoms with van der Waals surface area (Å²) in [6, 6.07) is 8.53. The summed E-state index contributed by atoms with van der Waals surface area (Å²) >= 11 is 12.2. The lowest BCUT2D eigenvalue weighted by Crippen LogP contribution is -2.23. The molecule has 0 atom stereocenters. The topological polar surface area (TPSA) is 71.9 Å². The molecule has 3 heterocycles. The summed E-state index contributed by atoms with van der Waals surface area (Å²) in [4.78, 5) is 32.3. The Hall–Kier alpha value is -2.57. The number of ketones is 1. The van der Waals surface area contributed by atoms with Crippen LogP contribution in [-0.2, 0) is 0 Å². The zero-order chi connectivity index (χ0) is 18.8. The van der Waals surface area contributed by atoms with Gasteiger partial charge in [0, 0.05) is 36.6 Å². The first-order valence-corrected chi connectivity index (χ1v) is 9.28. The summed E-state index contributed by atoms with van der Waals surface area (Å²) in [5.74, 6) is 0.668. The first kappa shape index (κ1) is 17.8. The average Bonchev–Trinajstić information content (AvgIpc) is 3.25. The molecule has 0 saturated carbocycles. The highest BCUT2D eigenvalue weighted by Crippen LogP contribution is 2.28. The number of hydrogen-bond donors (Lipinski definition) is 0. The smallest absolute Gasteiger partial charge is 0.231 e. The molecule has 4 rings (SSSR count). The number of halogens is 2. The maximum Gasteiger partial charge on any atom is 0.231 e. The quantitative estimate of drug-likeness (QED) is 0.615. The van der Waals surface area contributed by atoms with Gasteiger partial charge in [-0.1, -0.05) is 23.2 Å². The fraction of sp³-hybridized carbons (Fsp3) is 0.211. The molecular weight excluding hydrogens is 385 g/mol. The lowest BCUT2D eigenvalue weighted by atomic mass is 10.1. The highest BCUT2D eigenvalue weighted by atomic mass is 35.5. The Morgan fingerprint density at radius 3 is 2.52 bits per heavy atom. The number of anilines is 1. The van der Waals surface area contributed by atoms with Crippen molar-refractivity contribution in [2.24, 2.45) is 0 Å². The Morgan fingerprint density at radius 2 is 1.81 bits per heavy atom. The van der Waals surface area contributed by atoms with E-state index in [2.05, 4.69) is 24.8 Å². The fourth-order valence-corrected chi connectivity index (χ4v) is 3.21. The zero-order valence-corrected chi connectivity index (χ0v) is 15.8. The van der Waals surface area contributed by atoms with Crippen LogP contribution in [0, 0.1) is 0 Å². The Kier molecular flexibility index (Phi) is 5.01. The van der Waals surface area contributed by atoms with Gasteiger partial charge < -0.3 is 4.90 Å². The number of carbonyl (C=O) groups excluding carboxylic acids is 1. The second-order valence-electron chi connectivity index (χ2n) is 6.18. The van der Waals surface area contributed by atoms with Crippen molar-refractivity contribution in [3.05, 3.63) is 64.2 Å². The van der Waals surface area contributed by atoms with E-state index in [9.17, 15) is 4.79 Å². The van der Waals surface area contributed by atoms with Crippen molar-refractivity contribution >= 4 is 34.9 Å². The van der Waals surface area contributed by atoms with Crippen LogP contribution in [0.1, 0.15) is 29.0 Å². The summed E-state index contributed by atoms with van der Waals surface area (Å²) in [6.07, 6.45) is 5.25. The molecule has 6 nitrogen and oxygen atoms in total. The van der Waals surface area contributed by atoms with Gasteiger partial charge in [-0.2, -0.15) is 9.97 Å². The van der Waals surface area contributed by atoms with E-state index in [-0.39, 0.29) is 11.6 Å². The molecule has 27 heavy (non-hydrogen) atoms. The normalized spacial score (nSPS) is 13.8. The van der Waals surface area contributed by atoms with Crippen molar-refractivity contribution in [3.63, 3.8) is 0 Å². The van der Waals surface area contributed by atoms with Crippen LogP contribution >= 0.6 is 23.2 Å². The third-order valence-electron chi connectivity index (χ3n) is 4.32. The molecule has 1 saturated heterocycles.